The fraction of sp³-hybridized carbons (Fsp3) is 0.133. The van der Waals surface area contributed by atoms with Gasteiger partial charge in [0.1, 0.15) is 0 Å². The number of rotatable bonds is 4. The summed E-state index contributed by atoms with van der Waals surface area (Å²) in [6.07, 6.45) is -0.756. The molecule has 0 aliphatic carbocycles. The first-order valence-corrected chi connectivity index (χ1v) is 6.73. The first-order chi connectivity index (χ1) is 9.15. The zero-order chi connectivity index (χ0) is 13.7. The van der Waals surface area contributed by atoms with Crippen LogP contribution in [0.25, 0.3) is 0 Å². The van der Waals surface area contributed by atoms with Crippen molar-refractivity contribution >= 4 is 27.5 Å². The lowest BCUT2D eigenvalue weighted by Crippen LogP contribution is -2.15. The van der Waals surface area contributed by atoms with Crippen LogP contribution in [-0.2, 0) is 4.79 Å². The van der Waals surface area contributed by atoms with Crippen molar-refractivity contribution in [3.05, 3.63) is 64.6 Å². The van der Waals surface area contributed by atoms with Gasteiger partial charge in [0.2, 0.25) is 5.91 Å². The Labute approximate surface area is 120 Å². The predicted molar refractivity (Wildman–Crippen MR) is 78.8 cm³/mol. The number of para-hydroxylation sites is 1. The first-order valence-electron chi connectivity index (χ1n) is 5.93. The fourth-order valence-electron chi connectivity index (χ4n) is 1.71. The van der Waals surface area contributed by atoms with Gasteiger partial charge in [-0.1, -0.05) is 46.3 Å². The standard InChI is InChI=1S/C15H14BrNO2/c16-12-8-6-11(7-9-12)14(18)10-15(19)17-13-4-2-1-3-5-13/h1-9,14,18H,10H2,(H,17,19)/t14-/m0/s1. The molecule has 0 fully saturated rings. The average Bonchev–Trinajstić information content (AvgIpc) is 2.40. The summed E-state index contributed by atoms with van der Waals surface area (Å²) in [5.74, 6) is -0.207. The number of hydrogen-bond donors (Lipinski definition) is 2. The number of nitrogens with one attached hydrogen (secondary N) is 1. The SMILES string of the molecule is O=C(C[C@H](O)c1ccc(Br)cc1)Nc1ccccc1. The second-order valence-electron chi connectivity index (χ2n) is 4.19. The van der Waals surface area contributed by atoms with E-state index in [0.29, 0.717) is 0 Å². The highest BCUT2D eigenvalue weighted by Crippen LogP contribution is 2.20. The van der Waals surface area contributed by atoms with Gasteiger partial charge in [-0.2, -0.15) is 0 Å². The van der Waals surface area contributed by atoms with Gasteiger partial charge in [0.15, 0.2) is 0 Å². The van der Waals surface area contributed by atoms with Crippen molar-refractivity contribution in [1.82, 2.24) is 0 Å². The number of carbonyl (C=O) groups excluding carboxylic acids is 1. The molecular weight excluding hydrogens is 306 g/mol. The minimum atomic E-state index is -0.795. The Morgan fingerprint density at radius 2 is 1.74 bits per heavy atom. The molecule has 0 aliphatic rings. The summed E-state index contributed by atoms with van der Waals surface area (Å²) in [5.41, 5.74) is 1.46. The number of hydrogen-bond acceptors (Lipinski definition) is 2. The minimum Gasteiger partial charge on any atom is -0.388 e. The highest BCUT2D eigenvalue weighted by molar-refractivity contribution is 9.10. The van der Waals surface area contributed by atoms with Gasteiger partial charge in [0.25, 0.3) is 0 Å². The van der Waals surface area contributed by atoms with Crippen molar-refractivity contribution in [1.29, 1.82) is 0 Å². The Kier molecular flexibility index (Phi) is 4.71. The van der Waals surface area contributed by atoms with Crippen molar-refractivity contribution in [2.75, 3.05) is 5.32 Å². The molecule has 0 bridgehead atoms. The molecule has 3 nitrogen and oxygen atoms in total. The van der Waals surface area contributed by atoms with E-state index in [1.54, 1.807) is 12.1 Å². The van der Waals surface area contributed by atoms with E-state index in [4.69, 9.17) is 0 Å². The van der Waals surface area contributed by atoms with Crippen molar-refractivity contribution in [2.45, 2.75) is 12.5 Å². The van der Waals surface area contributed by atoms with Crippen LogP contribution >= 0.6 is 15.9 Å². The van der Waals surface area contributed by atoms with Crippen molar-refractivity contribution in [3.8, 4) is 0 Å². The van der Waals surface area contributed by atoms with E-state index in [1.165, 1.54) is 0 Å². The number of anilines is 1. The minimum absolute atomic E-state index is 0.0382. The lowest BCUT2D eigenvalue weighted by molar-refractivity contribution is -0.118. The van der Waals surface area contributed by atoms with Gasteiger partial charge in [-0.15, -0.1) is 0 Å². The maximum absolute atomic E-state index is 11.8. The molecule has 0 saturated heterocycles. The normalized spacial score (nSPS) is 11.9. The lowest BCUT2D eigenvalue weighted by atomic mass is 10.1. The number of amides is 1. The summed E-state index contributed by atoms with van der Waals surface area (Å²) in [7, 11) is 0. The number of benzene rings is 2. The second kappa shape index (κ2) is 6.50. The Morgan fingerprint density at radius 1 is 1.11 bits per heavy atom. The second-order valence-corrected chi connectivity index (χ2v) is 5.10. The van der Waals surface area contributed by atoms with Gasteiger partial charge in [-0.3, -0.25) is 4.79 Å². The van der Waals surface area contributed by atoms with Crippen molar-refractivity contribution in [2.24, 2.45) is 0 Å². The molecule has 2 N–H and O–H groups in total. The zero-order valence-electron chi connectivity index (χ0n) is 10.2. The van der Waals surface area contributed by atoms with Crippen molar-refractivity contribution in [3.63, 3.8) is 0 Å². The molecule has 0 aliphatic heterocycles. The third kappa shape index (κ3) is 4.19. The van der Waals surface area contributed by atoms with Crippen LogP contribution in [0.3, 0.4) is 0 Å². The Balaban J connectivity index is 1.93. The van der Waals surface area contributed by atoms with Crippen molar-refractivity contribution < 1.29 is 9.90 Å². The molecule has 0 heterocycles. The third-order valence-corrected chi connectivity index (χ3v) is 3.22. The molecule has 19 heavy (non-hydrogen) atoms. The number of aliphatic hydroxyl groups is 1. The highest BCUT2D eigenvalue weighted by Gasteiger charge is 2.12. The molecule has 0 saturated carbocycles. The van der Waals surface area contributed by atoms with Crippen LogP contribution in [0.4, 0.5) is 5.69 Å². The Hall–Kier alpha value is -1.65. The topological polar surface area (TPSA) is 49.3 Å². The monoisotopic (exact) mass is 319 g/mol. The van der Waals surface area contributed by atoms with E-state index in [9.17, 15) is 9.90 Å². The molecule has 2 aromatic carbocycles. The summed E-state index contributed by atoms with van der Waals surface area (Å²) < 4.78 is 0.942. The maximum atomic E-state index is 11.8. The molecular formula is C15H14BrNO2. The largest absolute Gasteiger partial charge is 0.388 e. The molecule has 1 amide bonds. The highest BCUT2D eigenvalue weighted by atomic mass is 79.9. The van der Waals surface area contributed by atoms with Gasteiger partial charge in [0, 0.05) is 10.2 Å². The van der Waals surface area contributed by atoms with Gasteiger partial charge in [0.05, 0.1) is 12.5 Å². The molecule has 2 rings (SSSR count). The lowest BCUT2D eigenvalue weighted by Gasteiger charge is -2.11. The maximum Gasteiger partial charge on any atom is 0.227 e. The van der Waals surface area contributed by atoms with Crippen LogP contribution in [-0.4, -0.2) is 11.0 Å². The van der Waals surface area contributed by atoms with Gasteiger partial charge in [-0.05, 0) is 29.8 Å². The molecule has 1 atom stereocenters. The van der Waals surface area contributed by atoms with Crippen LogP contribution in [0.15, 0.2) is 59.1 Å². The van der Waals surface area contributed by atoms with E-state index in [-0.39, 0.29) is 12.3 Å². The average molecular weight is 320 g/mol. The molecule has 0 radical (unpaired) electrons. The smallest absolute Gasteiger partial charge is 0.227 e. The van der Waals surface area contributed by atoms with E-state index in [1.807, 2.05) is 42.5 Å². The van der Waals surface area contributed by atoms with Crippen LogP contribution in [0.5, 0.6) is 0 Å². The van der Waals surface area contributed by atoms with E-state index >= 15 is 0 Å². The van der Waals surface area contributed by atoms with Crippen LogP contribution < -0.4 is 5.32 Å². The summed E-state index contributed by atoms with van der Waals surface area (Å²) in [4.78, 5) is 11.8. The van der Waals surface area contributed by atoms with Crippen LogP contribution in [0.1, 0.15) is 18.1 Å². The molecule has 98 valence electrons. The third-order valence-electron chi connectivity index (χ3n) is 2.69. The quantitative estimate of drug-likeness (QED) is 0.906. The predicted octanol–water partition coefficient (Wildman–Crippen LogP) is 3.51. The molecule has 0 spiro atoms. The summed E-state index contributed by atoms with van der Waals surface area (Å²) in [6.45, 7) is 0. The molecule has 4 heteroatoms. The molecule has 0 unspecified atom stereocenters. The zero-order valence-corrected chi connectivity index (χ0v) is 11.8. The van der Waals surface area contributed by atoms with E-state index in [2.05, 4.69) is 21.2 Å². The molecule has 0 aromatic heterocycles. The summed E-state index contributed by atoms with van der Waals surface area (Å²) in [5, 5.41) is 12.7. The van der Waals surface area contributed by atoms with E-state index in [0.717, 1.165) is 15.7 Å². The number of halogens is 1. The molecule has 2 aromatic rings. The van der Waals surface area contributed by atoms with Gasteiger partial charge < -0.3 is 10.4 Å². The Bertz CT molecular complexity index is 540. The fourth-order valence-corrected chi connectivity index (χ4v) is 1.98. The first kappa shape index (κ1) is 13.8. The van der Waals surface area contributed by atoms with Crippen LogP contribution in [0, 0.1) is 0 Å². The summed E-state index contributed by atoms with van der Waals surface area (Å²) >= 11 is 3.33. The Morgan fingerprint density at radius 3 is 2.37 bits per heavy atom. The van der Waals surface area contributed by atoms with E-state index < -0.39 is 6.10 Å². The number of carbonyl (C=O) groups is 1. The van der Waals surface area contributed by atoms with Gasteiger partial charge in [-0.25, -0.2) is 0 Å². The van der Waals surface area contributed by atoms with Gasteiger partial charge >= 0.3 is 0 Å². The van der Waals surface area contributed by atoms with Crippen LogP contribution in [0.2, 0.25) is 0 Å². The number of aliphatic hydroxyl groups excluding tert-OH is 1. The summed E-state index contributed by atoms with van der Waals surface area (Å²) in [6, 6.07) is 16.5.